The third kappa shape index (κ3) is 2.36. The van der Waals surface area contributed by atoms with Gasteiger partial charge >= 0.3 is 0 Å². The van der Waals surface area contributed by atoms with Gasteiger partial charge in [0.05, 0.1) is 18.0 Å². The summed E-state index contributed by atoms with van der Waals surface area (Å²) in [6, 6.07) is 1.24. The molecule has 0 aromatic heterocycles. The Hall–Kier alpha value is -0.410. The fraction of sp³-hybridized carbons (Fsp3) is 0.938. The van der Waals surface area contributed by atoms with Crippen molar-refractivity contribution >= 4 is 5.78 Å². The number of fused-ring (bicyclic) bond motifs is 2. The monoisotopic (exact) mass is 265 g/mol. The molecule has 3 heteroatoms. The van der Waals surface area contributed by atoms with Crippen molar-refractivity contribution < 1.29 is 10.1 Å². The molecular formula is C16H29N2O+. The van der Waals surface area contributed by atoms with Gasteiger partial charge in [0.15, 0.2) is 0 Å². The van der Waals surface area contributed by atoms with Gasteiger partial charge in [0.1, 0.15) is 5.78 Å². The zero-order valence-corrected chi connectivity index (χ0v) is 12.6. The van der Waals surface area contributed by atoms with Crippen LogP contribution in [0.1, 0.15) is 52.9 Å². The van der Waals surface area contributed by atoms with E-state index in [0.717, 1.165) is 18.8 Å². The van der Waals surface area contributed by atoms with E-state index in [9.17, 15) is 4.79 Å². The summed E-state index contributed by atoms with van der Waals surface area (Å²) in [5, 5.41) is 2.53. The summed E-state index contributed by atoms with van der Waals surface area (Å²) < 4.78 is 0. The van der Waals surface area contributed by atoms with Gasteiger partial charge in [-0.2, -0.15) is 0 Å². The van der Waals surface area contributed by atoms with Crippen LogP contribution in [0.15, 0.2) is 0 Å². The summed E-state index contributed by atoms with van der Waals surface area (Å²) >= 11 is 0. The minimum absolute atomic E-state index is 0.117. The van der Waals surface area contributed by atoms with Crippen molar-refractivity contribution in [3.8, 4) is 0 Å². The number of quaternary nitrogens is 1. The standard InChI is InChI=1S/C16H28N2O/c1-9-4-5-11-10(6-9)15(17)14-12(18-11)7-16(2,3)8-13(14)19/h9-12,14-15,18H,4-8,17H2,1-3H3/p+1. The van der Waals surface area contributed by atoms with E-state index in [-0.39, 0.29) is 17.4 Å². The van der Waals surface area contributed by atoms with Crippen molar-refractivity contribution in [2.24, 2.45) is 28.9 Å². The van der Waals surface area contributed by atoms with E-state index < -0.39 is 0 Å². The van der Waals surface area contributed by atoms with Crippen molar-refractivity contribution in [2.45, 2.75) is 71.0 Å². The summed E-state index contributed by atoms with van der Waals surface area (Å²) in [7, 11) is 0. The van der Waals surface area contributed by atoms with Crippen LogP contribution in [0.2, 0.25) is 0 Å². The second-order valence-corrected chi connectivity index (χ2v) is 8.22. The Morgan fingerprint density at radius 2 is 2.00 bits per heavy atom. The van der Waals surface area contributed by atoms with E-state index in [4.69, 9.17) is 5.73 Å². The molecule has 3 aliphatic rings. The highest BCUT2D eigenvalue weighted by molar-refractivity contribution is 5.84. The van der Waals surface area contributed by atoms with E-state index in [1.165, 1.54) is 19.3 Å². The molecule has 1 heterocycles. The molecule has 0 radical (unpaired) electrons. The Kier molecular flexibility index (Phi) is 3.25. The van der Waals surface area contributed by atoms with Crippen LogP contribution in [0.3, 0.4) is 0 Å². The summed E-state index contributed by atoms with van der Waals surface area (Å²) in [6.45, 7) is 6.80. The van der Waals surface area contributed by atoms with Gasteiger partial charge in [-0.15, -0.1) is 0 Å². The van der Waals surface area contributed by atoms with Crippen LogP contribution in [0, 0.1) is 23.2 Å². The first-order valence-electron chi connectivity index (χ1n) is 8.01. The number of Topliss-reactive ketones (excluding diaryl/α,β-unsaturated/α-hetero) is 1. The molecule has 6 atom stereocenters. The van der Waals surface area contributed by atoms with Gasteiger partial charge in [-0.3, -0.25) is 4.79 Å². The minimum Gasteiger partial charge on any atom is -0.340 e. The first-order valence-corrected chi connectivity index (χ1v) is 8.01. The van der Waals surface area contributed by atoms with Gasteiger partial charge in [0, 0.05) is 24.8 Å². The lowest BCUT2D eigenvalue weighted by atomic mass is 9.60. The molecule has 1 aliphatic heterocycles. The highest BCUT2D eigenvalue weighted by Crippen LogP contribution is 2.41. The quantitative estimate of drug-likeness (QED) is 0.688. The van der Waals surface area contributed by atoms with Gasteiger partial charge in [0.2, 0.25) is 0 Å². The van der Waals surface area contributed by atoms with Crippen LogP contribution in [0.4, 0.5) is 0 Å². The predicted octanol–water partition coefficient (Wildman–Crippen LogP) is 1.07. The molecule has 3 fully saturated rings. The molecule has 0 bridgehead atoms. The maximum atomic E-state index is 12.5. The van der Waals surface area contributed by atoms with Crippen molar-refractivity contribution in [1.82, 2.24) is 0 Å². The van der Waals surface area contributed by atoms with Crippen LogP contribution >= 0.6 is 0 Å². The van der Waals surface area contributed by atoms with E-state index in [0.29, 0.717) is 23.8 Å². The van der Waals surface area contributed by atoms with Crippen LogP contribution < -0.4 is 11.1 Å². The highest BCUT2D eigenvalue weighted by atomic mass is 16.1. The van der Waals surface area contributed by atoms with E-state index in [2.05, 4.69) is 26.1 Å². The normalized spacial score (nSPS) is 49.4. The molecule has 19 heavy (non-hydrogen) atoms. The maximum absolute atomic E-state index is 12.5. The smallest absolute Gasteiger partial charge is 0.144 e. The molecular weight excluding hydrogens is 236 g/mol. The van der Waals surface area contributed by atoms with Gasteiger partial charge in [-0.25, -0.2) is 0 Å². The van der Waals surface area contributed by atoms with Gasteiger partial charge in [-0.1, -0.05) is 20.8 Å². The van der Waals surface area contributed by atoms with E-state index >= 15 is 0 Å². The molecule has 3 nitrogen and oxygen atoms in total. The summed E-state index contributed by atoms with van der Waals surface area (Å²) in [5.41, 5.74) is 6.71. The van der Waals surface area contributed by atoms with Crippen molar-refractivity contribution in [3.63, 3.8) is 0 Å². The topological polar surface area (TPSA) is 59.7 Å². The zero-order valence-electron chi connectivity index (χ0n) is 12.6. The average Bonchev–Trinajstić information content (AvgIpc) is 2.28. The lowest BCUT2D eigenvalue weighted by molar-refractivity contribution is -0.747. The Labute approximate surface area is 116 Å². The Balaban J connectivity index is 1.83. The lowest BCUT2D eigenvalue weighted by Gasteiger charge is -2.50. The number of hydrogen-bond donors (Lipinski definition) is 2. The lowest BCUT2D eigenvalue weighted by Crippen LogP contribution is -3.02. The SMILES string of the molecule is CC1CCC2[NH2+]C3CC(C)(C)CC(=O)C3C(N)C2C1. The number of ketones is 1. The first kappa shape index (κ1) is 13.6. The Morgan fingerprint density at radius 3 is 2.74 bits per heavy atom. The second kappa shape index (κ2) is 4.56. The first-order chi connectivity index (χ1) is 8.87. The highest BCUT2D eigenvalue weighted by Gasteiger charge is 2.54. The molecule has 4 N–H and O–H groups in total. The summed E-state index contributed by atoms with van der Waals surface area (Å²) in [4.78, 5) is 12.5. The van der Waals surface area contributed by atoms with Crippen molar-refractivity contribution in [1.29, 1.82) is 0 Å². The van der Waals surface area contributed by atoms with Gasteiger partial charge in [-0.05, 0) is 30.6 Å². The molecule has 0 aromatic carbocycles. The third-order valence-corrected chi connectivity index (χ3v) is 5.89. The maximum Gasteiger partial charge on any atom is 0.144 e. The number of carbonyl (C=O) groups is 1. The van der Waals surface area contributed by atoms with Crippen LogP contribution in [-0.2, 0) is 4.79 Å². The fourth-order valence-electron chi connectivity index (χ4n) is 5.07. The number of nitrogens with two attached hydrogens (primary N) is 2. The molecule has 0 amide bonds. The molecule has 2 aliphatic carbocycles. The van der Waals surface area contributed by atoms with Crippen LogP contribution in [0.25, 0.3) is 0 Å². The molecule has 2 saturated carbocycles. The predicted molar refractivity (Wildman–Crippen MR) is 75.5 cm³/mol. The molecule has 3 rings (SSSR count). The fourth-order valence-corrected chi connectivity index (χ4v) is 5.07. The largest absolute Gasteiger partial charge is 0.340 e. The average molecular weight is 265 g/mol. The minimum atomic E-state index is 0.117. The Bertz CT molecular complexity index is 379. The molecule has 0 aromatic rings. The molecule has 0 spiro atoms. The van der Waals surface area contributed by atoms with Crippen LogP contribution in [0.5, 0.6) is 0 Å². The van der Waals surface area contributed by atoms with Crippen molar-refractivity contribution in [2.75, 3.05) is 0 Å². The summed E-state index contributed by atoms with van der Waals surface area (Å²) in [5.74, 6) is 1.91. The number of rotatable bonds is 0. The second-order valence-electron chi connectivity index (χ2n) is 8.22. The molecule has 108 valence electrons. The van der Waals surface area contributed by atoms with Crippen LogP contribution in [-0.4, -0.2) is 23.9 Å². The summed E-state index contributed by atoms with van der Waals surface area (Å²) in [6.07, 6.45) is 5.72. The van der Waals surface area contributed by atoms with Gasteiger partial charge < -0.3 is 11.1 Å². The third-order valence-electron chi connectivity index (χ3n) is 5.89. The van der Waals surface area contributed by atoms with E-state index in [1.54, 1.807) is 0 Å². The zero-order chi connectivity index (χ0) is 13.8. The number of piperidine rings is 1. The molecule has 6 unspecified atom stereocenters. The number of hydrogen-bond acceptors (Lipinski definition) is 2. The van der Waals surface area contributed by atoms with Gasteiger partial charge in [0.25, 0.3) is 0 Å². The number of carbonyl (C=O) groups excluding carboxylic acids is 1. The van der Waals surface area contributed by atoms with E-state index in [1.807, 2.05) is 0 Å². The molecule has 1 saturated heterocycles. The Morgan fingerprint density at radius 1 is 1.26 bits per heavy atom. The van der Waals surface area contributed by atoms with Crippen molar-refractivity contribution in [3.05, 3.63) is 0 Å².